The fraction of sp³-hybridized carbons (Fsp3) is 0.118. The van der Waals surface area contributed by atoms with Gasteiger partial charge in [0.25, 0.3) is 0 Å². The highest BCUT2D eigenvalue weighted by molar-refractivity contribution is 7.87. The van der Waals surface area contributed by atoms with Crippen molar-refractivity contribution in [2.24, 2.45) is 0 Å². The van der Waals surface area contributed by atoms with E-state index in [-0.39, 0.29) is 17.4 Å². The number of hydrogen-bond donors (Lipinski definition) is 0. The van der Waals surface area contributed by atoms with Gasteiger partial charge in [-0.05, 0) is 42.5 Å². The van der Waals surface area contributed by atoms with Crippen molar-refractivity contribution in [3.8, 4) is 11.6 Å². The standard InChI is InChI=1S/C17H13Cl3N2O4S/c1-25-10-12-8-17(22(21-12)13-4-7-15(19)16(20)9-13)26-27(23,24)14-5-2-11(18)3-6-14/h2-9H,10H2,1H3. The fourth-order valence-corrected chi connectivity index (χ4v) is 3.58. The van der Waals surface area contributed by atoms with Gasteiger partial charge in [0.05, 0.1) is 28.0 Å². The lowest BCUT2D eigenvalue weighted by Gasteiger charge is -2.10. The average Bonchev–Trinajstić information content (AvgIpc) is 3.00. The van der Waals surface area contributed by atoms with Gasteiger partial charge in [-0.25, -0.2) is 0 Å². The number of rotatable bonds is 6. The second kappa shape index (κ2) is 8.08. The summed E-state index contributed by atoms with van der Waals surface area (Å²) in [6, 6.07) is 11.9. The molecule has 0 radical (unpaired) electrons. The predicted octanol–water partition coefficient (Wildman–Crippen LogP) is 4.75. The van der Waals surface area contributed by atoms with Gasteiger partial charge in [-0.2, -0.15) is 18.2 Å². The SMILES string of the molecule is COCc1cc(OS(=O)(=O)c2ccc(Cl)cc2)n(-c2ccc(Cl)c(Cl)c2)n1. The molecule has 0 amide bonds. The molecule has 0 fully saturated rings. The monoisotopic (exact) mass is 446 g/mol. The highest BCUT2D eigenvalue weighted by Crippen LogP contribution is 2.29. The van der Waals surface area contributed by atoms with Gasteiger partial charge >= 0.3 is 10.1 Å². The average molecular weight is 448 g/mol. The molecular weight excluding hydrogens is 435 g/mol. The van der Waals surface area contributed by atoms with E-state index in [0.717, 1.165) is 0 Å². The molecule has 0 bridgehead atoms. The van der Waals surface area contributed by atoms with E-state index in [9.17, 15) is 8.42 Å². The molecule has 3 rings (SSSR count). The first kappa shape index (κ1) is 20.0. The molecule has 0 atom stereocenters. The second-order valence-corrected chi connectivity index (χ2v) is 8.21. The zero-order chi connectivity index (χ0) is 19.6. The molecule has 2 aromatic carbocycles. The second-order valence-electron chi connectivity index (χ2n) is 5.41. The molecule has 3 aromatic rings. The van der Waals surface area contributed by atoms with E-state index in [2.05, 4.69) is 5.10 Å². The summed E-state index contributed by atoms with van der Waals surface area (Å²) in [5, 5.41) is 5.38. The molecule has 0 N–H and O–H groups in total. The van der Waals surface area contributed by atoms with E-state index >= 15 is 0 Å². The van der Waals surface area contributed by atoms with Gasteiger partial charge in [0.15, 0.2) is 0 Å². The lowest BCUT2D eigenvalue weighted by atomic mass is 10.3. The number of benzene rings is 2. The lowest BCUT2D eigenvalue weighted by Crippen LogP contribution is -2.12. The quantitative estimate of drug-likeness (QED) is 0.510. The van der Waals surface area contributed by atoms with E-state index in [1.54, 1.807) is 18.2 Å². The highest BCUT2D eigenvalue weighted by Gasteiger charge is 2.21. The Morgan fingerprint density at radius 3 is 2.33 bits per heavy atom. The minimum atomic E-state index is -4.10. The van der Waals surface area contributed by atoms with Crippen molar-refractivity contribution in [2.45, 2.75) is 11.5 Å². The summed E-state index contributed by atoms with van der Waals surface area (Å²) < 4.78 is 36.9. The van der Waals surface area contributed by atoms with E-state index in [4.69, 9.17) is 43.7 Å². The molecule has 0 aliphatic rings. The Kier molecular flexibility index (Phi) is 5.98. The molecular formula is C17H13Cl3N2O4S. The number of ether oxygens (including phenoxy) is 1. The summed E-state index contributed by atoms with van der Waals surface area (Å²) in [5.74, 6) is -0.0182. The Bertz CT molecular complexity index is 1070. The van der Waals surface area contributed by atoms with Gasteiger partial charge in [0.1, 0.15) is 4.90 Å². The molecule has 6 nitrogen and oxygen atoms in total. The van der Waals surface area contributed by atoms with Gasteiger partial charge < -0.3 is 8.92 Å². The van der Waals surface area contributed by atoms with Crippen LogP contribution in [-0.2, 0) is 21.5 Å². The summed E-state index contributed by atoms with van der Waals surface area (Å²) in [4.78, 5) is -0.0397. The van der Waals surface area contributed by atoms with Crippen LogP contribution in [0.4, 0.5) is 0 Å². The Morgan fingerprint density at radius 2 is 1.70 bits per heavy atom. The molecule has 0 saturated carbocycles. The van der Waals surface area contributed by atoms with Crippen LogP contribution in [0.5, 0.6) is 5.88 Å². The molecule has 0 aliphatic carbocycles. The van der Waals surface area contributed by atoms with E-state index < -0.39 is 10.1 Å². The summed E-state index contributed by atoms with van der Waals surface area (Å²) in [7, 11) is -2.60. The lowest BCUT2D eigenvalue weighted by molar-refractivity contribution is 0.181. The van der Waals surface area contributed by atoms with Crippen molar-refractivity contribution in [1.29, 1.82) is 0 Å². The summed E-state index contributed by atoms with van der Waals surface area (Å²) in [6.45, 7) is 0.172. The third kappa shape index (κ3) is 4.56. The molecule has 1 aromatic heterocycles. The topological polar surface area (TPSA) is 70.4 Å². The normalized spacial score (nSPS) is 11.6. The van der Waals surface area contributed by atoms with Crippen LogP contribution in [0.1, 0.15) is 5.69 Å². The molecule has 0 unspecified atom stereocenters. The van der Waals surface area contributed by atoms with Crippen LogP contribution in [0.2, 0.25) is 15.1 Å². The number of hydrogen-bond acceptors (Lipinski definition) is 5. The molecule has 0 aliphatic heterocycles. The summed E-state index contributed by atoms with van der Waals surface area (Å²) in [6.07, 6.45) is 0. The fourth-order valence-electron chi connectivity index (χ4n) is 2.25. The smallest absolute Gasteiger partial charge is 0.340 e. The largest absolute Gasteiger partial charge is 0.378 e. The van der Waals surface area contributed by atoms with Gasteiger partial charge in [-0.1, -0.05) is 34.8 Å². The molecule has 142 valence electrons. The molecule has 27 heavy (non-hydrogen) atoms. The Hall–Kier alpha value is -1.77. The molecule has 0 saturated heterocycles. The summed E-state index contributed by atoms with van der Waals surface area (Å²) >= 11 is 17.8. The Labute approximate surface area is 171 Å². The highest BCUT2D eigenvalue weighted by atomic mass is 35.5. The maximum atomic E-state index is 12.6. The number of nitrogens with zero attached hydrogens (tertiary/aromatic N) is 2. The van der Waals surface area contributed by atoms with Crippen molar-refractivity contribution >= 4 is 44.9 Å². The van der Waals surface area contributed by atoms with Crippen LogP contribution < -0.4 is 4.18 Å². The van der Waals surface area contributed by atoms with Crippen LogP contribution >= 0.6 is 34.8 Å². The van der Waals surface area contributed by atoms with E-state index in [1.165, 1.54) is 42.1 Å². The van der Waals surface area contributed by atoms with E-state index in [1.807, 2.05) is 0 Å². The first-order valence-corrected chi connectivity index (χ1v) is 10.1. The minimum absolute atomic E-state index is 0.0182. The van der Waals surface area contributed by atoms with Crippen molar-refractivity contribution in [3.63, 3.8) is 0 Å². The zero-order valence-electron chi connectivity index (χ0n) is 13.9. The first-order valence-electron chi connectivity index (χ1n) is 7.53. The van der Waals surface area contributed by atoms with Gasteiger partial charge in [0.2, 0.25) is 5.88 Å². The van der Waals surface area contributed by atoms with E-state index in [0.29, 0.717) is 26.4 Å². The summed E-state index contributed by atoms with van der Waals surface area (Å²) in [5.41, 5.74) is 0.956. The van der Waals surface area contributed by atoms with Crippen molar-refractivity contribution in [1.82, 2.24) is 9.78 Å². The number of halogens is 3. The van der Waals surface area contributed by atoms with Crippen molar-refractivity contribution in [3.05, 3.63) is 69.3 Å². The third-order valence-corrected chi connectivity index (χ3v) is 5.70. The Balaban J connectivity index is 2.03. The molecule has 10 heteroatoms. The minimum Gasteiger partial charge on any atom is -0.378 e. The molecule has 0 spiro atoms. The molecule has 1 heterocycles. The van der Waals surface area contributed by atoms with Crippen LogP contribution in [-0.4, -0.2) is 25.3 Å². The van der Waals surface area contributed by atoms with Crippen LogP contribution in [0, 0.1) is 0 Å². The van der Waals surface area contributed by atoms with Gasteiger partial charge in [-0.15, -0.1) is 0 Å². The Morgan fingerprint density at radius 1 is 1.00 bits per heavy atom. The maximum Gasteiger partial charge on any atom is 0.340 e. The first-order chi connectivity index (χ1) is 12.8. The van der Waals surface area contributed by atoms with Gasteiger partial charge in [-0.3, -0.25) is 0 Å². The zero-order valence-corrected chi connectivity index (χ0v) is 17.0. The predicted molar refractivity (Wildman–Crippen MR) is 104 cm³/mol. The van der Waals surface area contributed by atoms with Crippen molar-refractivity contribution in [2.75, 3.05) is 7.11 Å². The van der Waals surface area contributed by atoms with Crippen LogP contribution in [0.15, 0.2) is 53.4 Å². The third-order valence-electron chi connectivity index (χ3n) is 3.46. The number of methoxy groups -OCH3 is 1. The van der Waals surface area contributed by atoms with Crippen molar-refractivity contribution < 1.29 is 17.3 Å². The number of aromatic nitrogens is 2. The van der Waals surface area contributed by atoms with Crippen LogP contribution in [0.3, 0.4) is 0 Å². The maximum absolute atomic E-state index is 12.6. The van der Waals surface area contributed by atoms with Gasteiger partial charge in [0, 0.05) is 18.2 Å². The van der Waals surface area contributed by atoms with Crippen LogP contribution in [0.25, 0.3) is 5.69 Å².